The third kappa shape index (κ3) is 3.63. The van der Waals surface area contributed by atoms with Crippen LogP contribution in [0.2, 0.25) is 0 Å². The fourth-order valence-corrected chi connectivity index (χ4v) is 3.75. The Hall–Kier alpha value is -3.68. The summed E-state index contributed by atoms with van der Waals surface area (Å²) in [4.78, 5) is 43.0. The van der Waals surface area contributed by atoms with Gasteiger partial charge in [-0.1, -0.05) is 30.3 Å². The van der Waals surface area contributed by atoms with Crippen molar-refractivity contribution in [1.29, 1.82) is 0 Å². The largest absolute Gasteiger partial charge is 0.346 e. The third-order valence-corrected chi connectivity index (χ3v) is 5.28. The number of hydrogen-bond acceptors (Lipinski definition) is 4. The van der Waals surface area contributed by atoms with Gasteiger partial charge in [-0.3, -0.25) is 9.59 Å². The van der Waals surface area contributed by atoms with E-state index in [0.29, 0.717) is 5.69 Å². The maximum Gasteiger partial charge on any atom is 0.329 e. The number of amides is 4. The van der Waals surface area contributed by atoms with Gasteiger partial charge in [0.2, 0.25) is 5.91 Å². The lowest BCUT2D eigenvalue weighted by Gasteiger charge is -2.15. The molecule has 1 fully saturated rings. The zero-order valence-electron chi connectivity index (χ0n) is 16.8. The number of aryl methyl sites for hydroxylation is 1. The maximum absolute atomic E-state index is 12.6. The molecule has 2 heterocycles. The van der Waals surface area contributed by atoms with Crippen LogP contribution in [-0.2, 0) is 16.6 Å². The lowest BCUT2D eigenvalue weighted by atomic mass is 10.1. The molecule has 1 aromatic heterocycles. The molecule has 0 saturated carbocycles. The van der Waals surface area contributed by atoms with Gasteiger partial charge in [0.15, 0.2) is 0 Å². The highest BCUT2D eigenvalue weighted by Crippen LogP contribution is 2.22. The molecule has 30 heavy (non-hydrogen) atoms. The first-order valence-corrected chi connectivity index (χ1v) is 9.86. The number of anilines is 1. The van der Waals surface area contributed by atoms with Crippen molar-refractivity contribution in [2.24, 2.45) is 7.05 Å². The molecule has 0 radical (unpaired) electrons. The predicted molar refractivity (Wildman–Crippen MR) is 113 cm³/mol. The minimum Gasteiger partial charge on any atom is -0.346 e. The number of para-hydroxylation sites is 3. The monoisotopic (exact) mass is 405 g/mol. The summed E-state index contributed by atoms with van der Waals surface area (Å²) >= 11 is 0. The average Bonchev–Trinajstić information content (AvgIpc) is 3.23. The Morgan fingerprint density at radius 1 is 1.13 bits per heavy atom. The van der Waals surface area contributed by atoms with Crippen LogP contribution in [0.25, 0.3) is 11.0 Å². The Morgan fingerprint density at radius 2 is 1.83 bits per heavy atom. The van der Waals surface area contributed by atoms with Gasteiger partial charge in [0.1, 0.15) is 11.9 Å². The molecule has 1 saturated heterocycles. The molecule has 2 unspecified atom stereocenters. The first-order chi connectivity index (χ1) is 14.5. The molecular formula is C22H23N5O3. The van der Waals surface area contributed by atoms with Gasteiger partial charge in [0.05, 0.1) is 22.8 Å². The second kappa shape index (κ2) is 7.98. The predicted octanol–water partition coefficient (Wildman–Crippen LogP) is 2.66. The fourth-order valence-electron chi connectivity index (χ4n) is 3.75. The topological polar surface area (TPSA) is 96.3 Å². The molecule has 8 nitrogen and oxygen atoms in total. The zero-order valence-corrected chi connectivity index (χ0v) is 16.8. The number of imide groups is 1. The van der Waals surface area contributed by atoms with Crippen molar-refractivity contribution in [3.63, 3.8) is 0 Å². The Morgan fingerprint density at radius 3 is 2.57 bits per heavy atom. The van der Waals surface area contributed by atoms with Crippen molar-refractivity contribution >= 4 is 34.6 Å². The molecule has 4 rings (SSSR count). The molecule has 4 amide bonds. The quantitative estimate of drug-likeness (QED) is 0.616. The smallest absolute Gasteiger partial charge is 0.329 e. The summed E-state index contributed by atoms with van der Waals surface area (Å²) in [6, 6.07) is 15.1. The van der Waals surface area contributed by atoms with Crippen LogP contribution in [0.4, 0.5) is 10.5 Å². The van der Waals surface area contributed by atoms with Gasteiger partial charge in [-0.05, 0) is 37.6 Å². The molecule has 0 aliphatic carbocycles. The summed E-state index contributed by atoms with van der Waals surface area (Å²) in [6.07, 6.45) is 0.350. The van der Waals surface area contributed by atoms with Crippen LogP contribution >= 0.6 is 0 Å². The number of rotatable bonds is 6. The first-order valence-electron chi connectivity index (χ1n) is 9.86. The van der Waals surface area contributed by atoms with Crippen molar-refractivity contribution in [3.05, 3.63) is 60.4 Å². The van der Waals surface area contributed by atoms with Crippen LogP contribution in [-0.4, -0.2) is 33.4 Å². The van der Waals surface area contributed by atoms with Crippen LogP contribution in [0, 0.1) is 0 Å². The summed E-state index contributed by atoms with van der Waals surface area (Å²) in [5, 5.41) is 5.59. The molecule has 0 bridgehead atoms. The number of aromatic nitrogens is 2. The minimum atomic E-state index is -0.713. The van der Waals surface area contributed by atoms with Crippen LogP contribution < -0.4 is 15.5 Å². The van der Waals surface area contributed by atoms with E-state index in [9.17, 15) is 14.4 Å². The van der Waals surface area contributed by atoms with E-state index in [1.807, 2.05) is 48.9 Å². The van der Waals surface area contributed by atoms with Crippen LogP contribution in [0.3, 0.4) is 0 Å². The van der Waals surface area contributed by atoms with Gasteiger partial charge < -0.3 is 15.2 Å². The summed E-state index contributed by atoms with van der Waals surface area (Å²) in [6.45, 7) is 1.87. The summed E-state index contributed by atoms with van der Waals surface area (Å²) in [5.74, 6) is 0.210. The molecule has 0 spiro atoms. The summed E-state index contributed by atoms with van der Waals surface area (Å²) < 4.78 is 1.96. The number of nitrogens with zero attached hydrogens (tertiary/aromatic N) is 3. The van der Waals surface area contributed by atoms with Gasteiger partial charge in [-0.2, -0.15) is 0 Å². The number of nitrogens with one attached hydrogen (secondary N) is 2. The number of hydrogen-bond donors (Lipinski definition) is 2. The Kier molecular flexibility index (Phi) is 5.22. The Labute approximate surface area is 173 Å². The Bertz CT molecular complexity index is 1110. The van der Waals surface area contributed by atoms with E-state index in [-0.39, 0.29) is 30.7 Å². The number of imidazole rings is 1. The van der Waals surface area contributed by atoms with E-state index in [1.54, 1.807) is 24.3 Å². The average molecular weight is 405 g/mol. The van der Waals surface area contributed by atoms with Gasteiger partial charge >= 0.3 is 6.03 Å². The van der Waals surface area contributed by atoms with Crippen molar-refractivity contribution in [3.8, 4) is 0 Å². The minimum absolute atomic E-state index is 0.119. The van der Waals surface area contributed by atoms with Crippen LogP contribution in [0.15, 0.2) is 54.6 Å². The molecule has 2 aromatic carbocycles. The van der Waals surface area contributed by atoms with Crippen LogP contribution in [0.5, 0.6) is 0 Å². The van der Waals surface area contributed by atoms with Crippen LogP contribution in [0.1, 0.15) is 31.6 Å². The van der Waals surface area contributed by atoms with Crippen molar-refractivity contribution in [2.45, 2.75) is 31.8 Å². The molecule has 1 aliphatic heterocycles. The van der Waals surface area contributed by atoms with E-state index in [2.05, 4.69) is 15.6 Å². The third-order valence-electron chi connectivity index (χ3n) is 5.28. The van der Waals surface area contributed by atoms with Crippen molar-refractivity contribution in [1.82, 2.24) is 20.2 Å². The van der Waals surface area contributed by atoms with Gasteiger partial charge in [0, 0.05) is 13.5 Å². The van der Waals surface area contributed by atoms with E-state index in [4.69, 9.17) is 0 Å². The van der Waals surface area contributed by atoms with E-state index in [0.717, 1.165) is 21.8 Å². The van der Waals surface area contributed by atoms with Gasteiger partial charge in [-0.15, -0.1) is 0 Å². The number of fused-ring (bicyclic) bond motifs is 1. The van der Waals surface area contributed by atoms with E-state index < -0.39 is 12.1 Å². The number of carbonyl (C=O) groups is 3. The number of carbonyl (C=O) groups excluding carboxylic acids is 3. The highest BCUT2D eigenvalue weighted by Gasteiger charge is 2.38. The highest BCUT2D eigenvalue weighted by atomic mass is 16.2. The van der Waals surface area contributed by atoms with E-state index >= 15 is 0 Å². The second-order valence-corrected chi connectivity index (χ2v) is 7.36. The molecule has 1 aliphatic rings. The van der Waals surface area contributed by atoms with Crippen molar-refractivity contribution in [2.75, 3.05) is 4.90 Å². The fraction of sp³-hybridized carbons (Fsp3) is 0.273. The highest BCUT2D eigenvalue weighted by molar-refractivity contribution is 6.21. The molecule has 154 valence electrons. The maximum atomic E-state index is 12.6. The first kappa shape index (κ1) is 19.6. The lowest BCUT2D eigenvalue weighted by Crippen LogP contribution is -2.33. The molecular weight excluding hydrogens is 382 g/mol. The number of urea groups is 1. The van der Waals surface area contributed by atoms with Crippen molar-refractivity contribution < 1.29 is 14.4 Å². The lowest BCUT2D eigenvalue weighted by molar-refractivity contribution is -0.122. The normalized spacial score (nSPS) is 17.3. The zero-order chi connectivity index (χ0) is 21.3. The Balaban J connectivity index is 1.36. The molecule has 8 heteroatoms. The molecule has 2 N–H and O–H groups in total. The summed E-state index contributed by atoms with van der Waals surface area (Å²) in [7, 11) is 1.91. The summed E-state index contributed by atoms with van der Waals surface area (Å²) in [5.41, 5.74) is 2.38. The standard InChI is InChI=1S/C22H23N5O3/c1-14(20-24-16-10-6-7-11-18(16)26(20)2)23-19(28)13-12-17-21(29)27(22(30)25-17)15-8-4-3-5-9-15/h3-11,14,17H,12-13H2,1-2H3,(H,23,28)(H,25,30). The van der Waals surface area contributed by atoms with Gasteiger partial charge in [0.25, 0.3) is 5.91 Å². The van der Waals surface area contributed by atoms with Gasteiger partial charge in [-0.25, -0.2) is 14.7 Å². The SMILES string of the molecule is CC(NC(=O)CCC1NC(=O)N(c2ccccc2)C1=O)c1nc2ccccc2n1C. The second-order valence-electron chi connectivity index (χ2n) is 7.36. The number of benzene rings is 2. The van der Waals surface area contributed by atoms with E-state index in [1.165, 1.54) is 0 Å². The molecule has 2 atom stereocenters. The molecule has 3 aromatic rings.